The average Bonchev–Trinajstić information content (AvgIpc) is 2.78. The zero-order valence-electron chi connectivity index (χ0n) is 10.8. The van der Waals surface area contributed by atoms with Crippen LogP contribution in [0, 0.1) is 0 Å². The Kier molecular flexibility index (Phi) is 5.35. The summed E-state index contributed by atoms with van der Waals surface area (Å²) in [5, 5.41) is 13.6. The molecule has 0 aliphatic carbocycles. The Bertz CT molecular complexity index is 465. The van der Waals surface area contributed by atoms with E-state index in [1.54, 1.807) is 6.07 Å². The molecule has 1 unspecified atom stereocenters. The molecule has 19 heavy (non-hydrogen) atoms. The second kappa shape index (κ2) is 6.81. The second-order valence-corrected chi connectivity index (χ2v) is 7.27. The fraction of sp³-hybridized carbons (Fsp3) is 0.667. The molecule has 0 saturated carbocycles. The molecule has 0 aromatic carbocycles. The van der Waals surface area contributed by atoms with Crippen LogP contribution in [-0.4, -0.2) is 37.5 Å². The molecular weight excluding hydrogens is 284 g/mol. The highest BCUT2D eigenvalue weighted by Crippen LogP contribution is 2.16. The lowest BCUT2D eigenvalue weighted by molar-refractivity contribution is 0.181. The zero-order chi connectivity index (χ0) is 13.7. The maximum absolute atomic E-state index is 12.1. The predicted molar refractivity (Wildman–Crippen MR) is 76.2 cm³/mol. The van der Waals surface area contributed by atoms with Gasteiger partial charge in [0.15, 0.2) is 0 Å². The van der Waals surface area contributed by atoms with Crippen molar-refractivity contribution >= 4 is 21.5 Å². The lowest BCUT2D eigenvalue weighted by Crippen LogP contribution is -2.42. The predicted octanol–water partition coefficient (Wildman–Crippen LogP) is 1.49. The number of hydrogen-bond donors (Lipinski definition) is 2. The molecule has 0 spiro atoms. The maximum atomic E-state index is 12.1. The van der Waals surface area contributed by atoms with Gasteiger partial charge in [0.25, 0.3) is 10.2 Å². The van der Waals surface area contributed by atoms with Crippen LogP contribution in [0.4, 0.5) is 0 Å². The summed E-state index contributed by atoms with van der Waals surface area (Å²) in [5.74, 6) is 0. The molecule has 2 N–H and O–H groups in total. The fourth-order valence-electron chi connectivity index (χ4n) is 2.14. The lowest BCUT2D eigenvalue weighted by atomic mass is 10.2. The summed E-state index contributed by atoms with van der Waals surface area (Å²) < 4.78 is 28.2. The molecule has 2 rings (SSSR count). The molecule has 1 aromatic heterocycles. The quantitative estimate of drug-likeness (QED) is 0.866. The van der Waals surface area contributed by atoms with Crippen LogP contribution in [0.2, 0.25) is 0 Å². The zero-order valence-corrected chi connectivity index (χ0v) is 12.4. The van der Waals surface area contributed by atoms with E-state index in [-0.39, 0.29) is 6.54 Å². The number of rotatable bonds is 5. The Hall–Kier alpha value is -0.470. The van der Waals surface area contributed by atoms with Gasteiger partial charge in [0, 0.05) is 19.6 Å². The molecular formula is C12H20N2O3S2. The van der Waals surface area contributed by atoms with Crippen molar-refractivity contribution in [3.63, 3.8) is 0 Å². The highest BCUT2D eigenvalue weighted by atomic mass is 32.2. The Labute approximate surface area is 118 Å². The Balaban J connectivity index is 1.89. The van der Waals surface area contributed by atoms with E-state index in [2.05, 4.69) is 4.72 Å². The van der Waals surface area contributed by atoms with Crippen LogP contribution in [0.25, 0.3) is 0 Å². The third kappa shape index (κ3) is 4.25. The normalized spacial score (nSPS) is 20.1. The number of aliphatic hydroxyl groups excluding tert-OH is 1. The van der Waals surface area contributed by atoms with Gasteiger partial charge in [0.1, 0.15) is 0 Å². The molecule has 1 aliphatic heterocycles. The van der Waals surface area contributed by atoms with E-state index < -0.39 is 16.3 Å². The highest BCUT2D eigenvalue weighted by molar-refractivity contribution is 7.87. The van der Waals surface area contributed by atoms with Crippen LogP contribution in [0.5, 0.6) is 0 Å². The van der Waals surface area contributed by atoms with Gasteiger partial charge in [-0.2, -0.15) is 28.8 Å². The lowest BCUT2D eigenvalue weighted by Gasteiger charge is -2.21. The molecule has 1 saturated heterocycles. The topological polar surface area (TPSA) is 69.6 Å². The van der Waals surface area contributed by atoms with Crippen molar-refractivity contribution in [2.75, 3.05) is 19.6 Å². The van der Waals surface area contributed by atoms with Gasteiger partial charge in [-0.05, 0) is 35.2 Å². The molecule has 0 amide bonds. The second-order valence-electron chi connectivity index (χ2n) is 4.74. The number of hydrogen-bond acceptors (Lipinski definition) is 4. The van der Waals surface area contributed by atoms with E-state index in [4.69, 9.17) is 0 Å². The first kappa shape index (κ1) is 14.9. The minimum Gasteiger partial charge on any atom is -0.387 e. The maximum Gasteiger partial charge on any atom is 0.279 e. The first-order valence-corrected chi connectivity index (χ1v) is 8.93. The molecule has 1 aliphatic rings. The minimum atomic E-state index is -3.47. The number of aliphatic hydroxyl groups is 1. The summed E-state index contributed by atoms with van der Waals surface area (Å²) in [7, 11) is -3.47. The SMILES string of the molecule is O=S(=O)(NCC(O)c1ccsc1)N1CCCCCC1. The van der Waals surface area contributed by atoms with Gasteiger partial charge < -0.3 is 5.11 Å². The van der Waals surface area contributed by atoms with Crippen molar-refractivity contribution < 1.29 is 13.5 Å². The summed E-state index contributed by atoms with van der Waals surface area (Å²) in [6.45, 7) is 1.17. The summed E-state index contributed by atoms with van der Waals surface area (Å²) in [4.78, 5) is 0. The largest absolute Gasteiger partial charge is 0.387 e. The van der Waals surface area contributed by atoms with Crippen molar-refractivity contribution in [1.82, 2.24) is 9.03 Å². The van der Waals surface area contributed by atoms with E-state index in [1.165, 1.54) is 15.6 Å². The molecule has 1 aromatic rings. The number of nitrogens with one attached hydrogen (secondary N) is 1. The van der Waals surface area contributed by atoms with E-state index in [0.717, 1.165) is 31.2 Å². The molecule has 1 fully saturated rings. The minimum absolute atomic E-state index is 0.0234. The molecule has 7 heteroatoms. The smallest absolute Gasteiger partial charge is 0.279 e. The molecule has 2 heterocycles. The summed E-state index contributed by atoms with van der Waals surface area (Å²) in [6, 6.07) is 1.80. The Morgan fingerprint density at radius 2 is 2.00 bits per heavy atom. The monoisotopic (exact) mass is 304 g/mol. The fourth-order valence-corrected chi connectivity index (χ4v) is 4.14. The molecule has 1 atom stereocenters. The van der Waals surface area contributed by atoms with E-state index in [9.17, 15) is 13.5 Å². The van der Waals surface area contributed by atoms with Crippen LogP contribution in [0.3, 0.4) is 0 Å². The van der Waals surface area contributed by atoms with Crippen molar-refractivity contribution in [1.29, 1.82) is 0 Å². The highest BCUT2D eigenvalue weighted by Gasteiger charge is 2.23. The van der Waals surface area contributed by atoms with Crippen molar-refractivity contribution in [2.24, 2.45) is 0 Å². The average molecular weight is 304 g/mol. The van der Waals surface area contributed by atoms with Gasteiger partial charge in [0.05, 0.1) is 6.10 Å². The van der Waals surface area contributed by atoms with Gasteiger partial charge in [0.2, 0.25) is 0 Å². The van der Waals surface area contributed by atoms with E-state index >= 15 is 0 Å². The van der Waals surface area contributed by atoms with Crippen molar-refractivity contribution in [2.45, 2.75) is 31.8 Å². The summed E-state index contributed by atoms with van der Waals surface area (Å²) in [5.41, 5.74) is 0.753. The third-order valence-electron chi connectivity index (χ3n) is 3.29. The summed E-state index contributed by atoms with van der Waals surface area (Å²) in [6.07, 6.45) is 3.21. The summed E-state index contributed by atoms with van der Waals surface area (Å²) >= 11 is 1.48. The number of nitrogens with zero attached hydrogens (tertiary/aromatic N) is 1. The Morgan fingerprint density at radius 1 is 1.32 bits per heavy atom. The first-order chi connectivity index (χ1) is 9.09. The van der Waals surface area contributed by atoms with Gasteiger partial charge in [-0.3, -0.25) is 0 Å². The van der Waals surface area contributed by atoms with Crippen molar-refractivity contribution in [3.05, 3.63) is 22.4 Å². The Morgan fingerprint density at radius 3 is 2.58 bits per heavy atom. The number of thiophene rings is 1. The van der Waals surface area contributed by atoms with Crippen LogP contribution in [0.1, 0.15) is 37.4 Å². The van der Waals surface area contributed by atoms with E-state index in [1.807, 2.05) is 10.8 Å². The standard InChI is InChI=1S/C12H20N2O3S2/c15-12(11-5-8-18-10-11)9-13-19(16,17)14-6-3-1-2-4-7-14/h5,8,10,12-13,15H,1-4,6-7,9H2. The molecule has 0 bridgehead atoms. The van der Waals surface area contributed by atoms with Crippen LogP contribution >= 0.6 is 11.3 Å². The first-order valence-electron chi connectivity index (χ1n) is 6.54. The van der Waals surface area contributed by atoms with Crippen LogP contribution in [0.15, 0.2) is 16.8 Å². The van der Waals surface area contributed by atoms with Crippen LogP contribution in [-0.2, 0) is 10.2 Å². The third-order valence-corrected chi connectivity index (χ3v) is 5.57. The van der Waals surface area contributed by atoms with Crippen molar-refractivity contribution in [3.8, 4) is 0 Å². The molecule has 5 nitrogen and oxygen atoms in total. The van der Waals surface area contributed by atoms with Gasteiger partial charge in [-0.25, -0.2) is 0 Å². The molecule has 0 radical (unpaired) electrons. The van der Waals surface area contributed by atoms with Gasteiger partial charge >= 0.3 is 0 Å². The van der Waals surface area contributed by atoms with Crippen LogP contribution < -0.4 is 4.72 Å². The molecule has 108 valence electrons. The van der Waals surface area contributed by atoms with Gasteiger partial charge in [-0.15, -0.1) is 0 Å². The van der Waals surface area contributed by atoms with E-state index in [0.29, 0.717) is 13.1 Å². The van der Waals surface area contributed by atoms with Gasteiger partial charge in [-0.1, -0.05) is 12.8 Å².